The molecule has 0 aromatic heterocycles. The first kappa shape index (κ1) is 24.1. The Balaban J connectivity index is 0.000000181. The lowest BCUT2D eigenvalue weighted by Crippen LogP contribution is -2.07. The minimum absolute atomic E-state index is 0.467. The Bertz CT molecular complexity index is 1060. The van der Waals surface area contributed by atoms with E-state index in [-0.39, 0.29) is 0 Å². The van der Waals surface area contributed by atoms with Gasteiger partial charge in [0.1, 0.15) is 0 Å². The lowest BCUT2D eigenvalue weighted by atomic mass is 9.87. The first-order valence-corrected chi connectivity index (χ1v) is 11.4. The van der Waals surface area contributed by atoms with E-state index in [0.29, 0.717) is 25.0 Å². The van der Waals surface area contributed by atoms with E-state index < -0.39 is 0 Å². The molecule has 172 valence electrons. The third kappa shape index (κ3) is 4.48. The van der Waals surface area contributed by atoms with Crippen LogP contribution in [0, 0.1) is 0 Å². The van der Waals surface area contributed by atoms with E-state index in [1.54, 1.807) is 0 Å². The molecule has 0 unspecified atom stereocenters. The van der Waals surface area contributed by atoms with Crippen molar-refractivity contribution in [2.75, 3.05) is 11.5 Å². The van der Waals surface area contributed by atoms with Gasteiger partial charge in [0.25, 0.3) is 0 Å². The molecule has 2 heterocycles. The molecule has 0 fully saturated rings. The molecular weight excluding hydrogens is 396 g/mol. The molecule has 4 rings (SSSR count). The maximum atomic E-state index is 6.30. The summed E-state index contributed by atoms with van der Waals surface area (Å²) in [7, 11) is 0. The summed E-state index contributed by atoms with van der Waals surface area (Å²) in [5, 5.41) is 0. The molecule has 0 radical (unpaired) electrons. The minimum Gasteiger partial charge on any atom is -0.398 e. The Hall–Kier alpha value is -2.56. The van der Waals surface area contributed by atoms with Crippen LogP contribution in [0.4, 0.5) is 11.4 Å². The van der Waals surface area contributed by atoms with Crippen molar-refractivity contribution in [1.82, 2.24) is 0 Å². The van der Waals surface area contributed by atoms with Crippen molar-refractivity contribution >= 4 is 22.5 Å². The molecule has 4 heteroatoms. The fourth-order valence-corrected chi connectivity index (χ4v) is 4.74. The van der Waals surface area contributed by atoms with Gasteiger partial charge in [-0.1, -0.05) is 46.9 Å². The number of benzene rings is 2. The number of nitrogens with two attached hydrogens (primary N) is 2. The van der Waals surface area contributed by atoms with Crippen LogP contribution < -0.4 is 11.5 Å². The second-order valence-corrected chi connectivity index (χ2v) is 9.64. The van der Waals surface area contributed by atoms with Gasteiger partial charge in [0.15, 0.2) is 0 Å². The standard InChI is InChI=1S/C14H21NO.C14H17NO/c2*1-8(2)11-5-10-6-16-7-12(10)13(9(3)4)14(11)15/h5,8-9H,6-7,15H2,1-4H3;5H,1,3,6-7,15H2,2,4H3. The van der Waals surface area contributed by atoms with E-state index in [9.17, 15) is 0 Å². The summed E-state index contributed by atoms with van der Waals surface area (Å²) in [5.41, 5.74) is 25.9. The van der Waals surface area contributed by atoms with E-state index in [2.05, 4.69) is 53.0 Å². The van der Waals surface area contributed by atoms with E-state index in [0.717, 1.165) is 46.9 Å². The molecule has 0 bridgehead atoms. The molecule has 2 aliphatic heterocycles. The van der Waals surface area contributed by atoms with Crippen LogP contribution in [0.25, 0.3) is 11.1 Å². The summed E-state index contributed by atoms with van der Waals surface area (Å²) in [4.78, 5) is 0. The highest BCUT2D eigenvalue weighted by molar-refractivity contribution is 5.85. The second-order valence-electron chi connectivity index (χ2n) is 9.64. The Labute approximate surface area is 193 Å². The van der Waals surface area contributed by atoms with Crippen molar-refractivity contribution in [3.05, 3.63) is 69.8 Å². The summed E-state index contributed by atoms with van der Waals surface area (Å²) in [6.45, 7) is 23.5. The SMILES string of the molecule is C=C(C)c1cc2c(c(C(=C)C)c1N)COC2.CC(C)c1cc2c(c(C(C)C)c1N)COC2. The van der Waals surface area contributed by atoms with Gasteiger partial charge < -0.3 is 20.9 Å². The number of allylic oxidation sites excluding steroid dienone is 2. The number of ether oxygens (including phenoxy) is 2. The normalized spacial score (nSPS) is 14.2. The molecule has 0 amide bonds. The predicted molar refractivity (Wildman–Crippen MR) is 136 cm³/mol. The minimum atomic E-state index is 0.467. The van der Waals surface area contributed by atoms with Gasteiger partial charge in [-0.2, -0.15) is 0 Å². The molecule has 4 N–H and O–H groups in total. The van der Waals surface area contributed by atoms with Crippen molar-refractivity contribution in [2.24, 2.45) is 0 Å². The van der Waals surface area contributed by atoms with Crippen LogP contribution in [-0.4, -0.2) is 0 Å². The Morgan fingerprint density at radius 3 is 1.84 bits per heavy atom. The monoisotopic (exact) mass is 434 g/mol. The maximum Gasteiger partial charge on any atom is 0.0731 e. The Morgan fingerprint density at radius 2 is 1.34 bits per heavy atom. The maximum absolute atomic E-state index is 6.30. The molecule has 0 saturated carbocycles. The van der Waals surface area contributed by atoms with Gasteiger partial charge in [-0.15, -0.1) is 0 Å². The number of hydrogen-bond acceptors (Lipinski definition) is 4. The first-order valence-electron chi connectivity index (χ1n) is 11.4. The van der Waals surface area contributed by atoms with Crippen LogP contribution in [0.5, 0.6) is 0 Å². The van der Waals surface area contributed by atoms with Crippen LogP contribution in [0.15, 0.2) is 25.3 Å². The molecule has 0 saturated heterocycles. The van der Waals surface area contributed by atoms with Crippen LogP contribution in [0.1, 0.15) is 97.9 Å². The molecule has 0 aliphatic carbocycles. The van der Waals surface area contributed by atoms with Gasteiger partial charge in [0.2, 0.25) is 0 Å². The Kier molecular flexibility index (Phi) is 7.16. The van der Waals surface area contributed by atoms with Crippen molar-refractivity contribution in [2.45, 2.75) is 79.8 Å². The van der Waals surface area contributed by atoms with Gasteiger partial charge >= 0.3 is 0 Å². The van der Waals surface area contributed by atoms with Gasteiger partial charge in [-0.25, -0.2) is 0 Å². The molecular formula is C28H38N2O2. The first-order chi connectivity index (χ1) is 15.0. The lowest BCUT2D eigenvalue weighted by Gasteiger charge is -2.20. The van der Waals surface area contributed by atoms with Crippen LogP contribution in [0.2, 0.25) is 0 Å². The van der Waals surface area contributed by atoms with Crippen LogP contribution >= 0.6 is 0 Å². The highest BCUT2D eigenvalue weighted by atomic mass is 16.5. The summed E-state index contributed by atoms with van der Waals surface area (Å²) >= 11 is 0. The van der Waals surface area contributed by atoms with Gasteiger partial charge in [0, 0.05) is 22.5 Å². The number of fused-ring (bicyclic) bond motifs is 2. The molecule has 2 aromatic rings. The largest absolute Gasteiger partial charge is 0.398 e. The highest BCUT2D eigenvalue weighted by Gasteiger charge is 2.23. The van der Waals surface area contributed by atoms with Gasteiger partial charge in [-0.05, 0) is 76.3 Å². The molecule has 0 atom stereocenters. The second kappa shape index (κ2) is 9.51. The van der Waals surface area contributed by atoms with Crippen LogP contribution in [-0.2, 0) is 35.9 Å². The number of anilines is 2. The lowest BCUT2D eigenvalue weighted by molar-refractivity contribution is 0.134. The fraction of sp³-hybridized carbons (Fsp3) is 0.429. The van der Waals surface area contributed by atoms with Gasteiger partial charge in [0.05, 0.1) is 26.4 Å². The topological polar surface area (TPSA) is 70.5 Å². The fourth-order valence-electron chi connectivity index (χ4n) is 4.74. The average Bonchev–Trinajstić information content (AvgIpc) is 3.34. The van der Waals surface area contributed by atoms with Gasteiger partial charge in [-0.3, -0.25) is 0 Å². The van der Waals surface area contributed by atoms with Crippen LogP contribution in [0.3, 0.4) is 0 Å². The zero-order valence-corrected chi connectivity index (χ0v) is 20.5. The van der Waals surface area contributed by atoms with E-state index >= 15 is 0 Å². The highest BCUT2D eigenvalue weighted by Crippen LogP contribution is 2.38. The number of nitrogen functional groups attached to an aromatic ring is 2. The zero-order chi connectivity index (χ0) is 23.7. The van der Waals surface area contributed by atoms with Crippen molar-refractivity contribution in [1.29, 1.82) is 0 Å². The van der Waals surface area contributed by atoms with Crippen molar-refractivity contribution < 1.29 is 9.47 Å². The molecule has 0 spiro atoms. The summed E-state index contributed by atoms with van der Waals surface area (Å²) in [5.74, 6) is 0.942. The molecule has 4 nitrogen and oxygen atoms in total. The third-order valence-corrected chi connectivity index (χ3v) is 6.30. The van der Waals surface area contributed by atoms with E-state index in [1.165, 1.54) is 33.4 Å². The van der Waals surface area contributed by atoms with E-state index in [1.807, 2.05) is 13.8 Å². The molecule has 32 heavy (non-hydrogen) atoms. The number of hydrogen-bond donors (Lipinski definition) is 2. The molecule has 2 aliphatic rings. The summed E-state index contributed by atoms with van der Waals surface area (Å²) in [6.07, 6.45) is 0. The summed E-state index contributed by atoms with van der Waals surface area (Å²) in [6, 6.07) is 4.32. The number of rotatable bonds is 4. The zero-order valence-electron chi connectivity index (χ0n) is 20.5. The summed E-state index contributed by atoms with van der Waals surface area (Å²) < 4.78 is 11.0. The van der Waals surface area contributed by atoms with Crippen molar-refractivity contribution in [3.8, 4) is 0 Å². The molecule has 2 aromatic carbocycles. The third-order valence-electron chi connectivity index (χ3n) is 6.30. The van der Waals surface area contributed by atoms with E-state index in [4.69, 9.17) is 20.9 Å². The smallest absolute Gasteiger partial charge is 0.0731 e. The Morgan fingerprint density at radius 1 is 0.781 bits per heavy atom. The predicted octanol–water partition coefficient (Wildman–Crippen LogP) is 6.91. The van der Waals surface area contributed by atoms with Crippen molar-refractivity contribution in [3.63, 3.8) is 0 Å². The average molecular weight is 435 g/mol. The quantitative estimate of drug-likeness (QED) is 0.513.